The highest BCUT2D eigenvalue weighted by Gasteiger charge is 2.09. The Kier molecular flexibility index (Phi) is 3.99. The van der Waals surface area contributed by atoms with E-state index in [1.807, 2.05) is 7.05 Å². The van der Waals surface area contributed by atoms with E-state index in [1.54, 1.807) is 18.4 Å². The maximum Gasteiger partial charge on any atom is 0.124 e. The second-order valence-electron chi connectivity index (χ2n) is 4.30. The number of rotatable bonds is 4. The third kappa shape index (κ3) is 2.54. The molecule has 0 amide bonds. The quantitative estimate of drug-likeness (QED) is 0.919. The van der Waals surface area contributed by atoms with Crippen molar-refractivity contribution < 1.29 is 4.74 Å². The number of hydrogen-bond acceptors (Lipinski definition) is 4. The van der Waals surface area contributed by atoms with Gasteiger partial charge in [0.1, 0.15) is 10.8 Å². The third-order valence-electron chi connectivity index (χ3n) is 2.84. The maximum absolute atomic E-state index is 5.38. The van der Waals surface area contributed by atoms with Gasteiger partial charge in [-0.15, -0.1) is 11.3 Å². The van der Waals surface area contributed by atoms with Crippen LogP contribution in [0.3, 0.4) is 0 Å². The van der Waals surface area contributed by atoms with E-state index in [9.17, 15) is 0 Å². The zero-order chi connectivity index (χ0) is 13.1. The molecule has 1 aromatic heterocycles. The summed E-state index contributed by atoms with van der Waals surface area (Å²) in [4.78, 5) is 4.62. The highest BCUT2D eigenvalue weighted by atomic mass is 32.1. The van der Waals surface area contributed by atoms with Gasteiger partial charge in [-0.25, -0.2) is 4.98 Å². The van der Waals surface area contributed by atoms with Crippen molar-refractivity contribution in [2.75, 3.05) is 14.2 Å². The number of benzene rings is 1. The van der Waals surface area contributed by atoms with Crippen molar-refractivity contribution in [3.63, 3.8) is 0 Å². The summed E-state index contributed by atoms with van der Waals surface area (Å²) >= 11 is 1.69. The molecule has 3 nitrogen and oxygen atoms in total. The van der Waals surface area contributed by atoms with Gasteiger partial charge < -0.3 is 10.1 Å². The Hall–Kier alpha value is -1.39. The van der Waals surface area contributed by atoms with Crippen LogP contribution in [-0.2, 0) is 6.54 Å². The van der Waals surface area contributed by atoms with Crippen LogP contribution in [0.4, 0.5) is 0 Å². The fourth-order valence-corrected chi connectivity index (χ4v) is 2.91. The summed E-state index contributed by atoms with van der Waals surface area (Å²) in [6.07, 6.45) is 0. The van der Waals surface area contributed by atoms with Gasteiger partial charge in [-0.3, -0.25) is 0 Å². The summed E-state index contributed by atoms with van der Waals surface area (Å²) in [6.45, 7) is 4.95. The molecule has 0 aliphatic carbocycles. The fourth-order valence-electron chi connectivity index (χ4n) is 2.10. The largest absolute Gasteiger partial charge is 0.496 e. The molecule has 0 aliphatic heterocycles. The fraction of sp³-hybridized carbons (Fsp3) is 0.357. The number of aryl methyl sites for hydroxylation is 2. The third-order valence-corrected chi connectivity index (χ3v) is 3.69. The first-order valence-corrected chi connectivity index (χ1v) is 6.78. The van der Waals surface area contributed by atoms with Crippen LogP contribution < -0.4 is 10.1 Å². The van der Waals surface area contributed by atoms with Gasteiger partial charge in [-0.2, -0.15) is 0 Å². The zero-order valence-corrected chi connectivity index (χ0v) is 12.0. The molecule has 96 valence electrons. The van der Waals surface area contributed by atoms with E-state index < -0.39 is 0 Å². The monoisotopic (exact) mass is 262 g/mol. The molecule has 0 spiro atoms. The van der Waals surface area contributed by atoms with Gasteiger partial charge in [-0.1, -0.05) is 0 Å². The highest BCUT2D eigenvalue weighted by Crippen LogP contribution is 2.30. The topological polar surface area (TPSA) is 34.2 Å². The number of aromatic nitrogens is 1. The Morgan fingerprint density at radius 1 is 1.28 bits per heavy atom. The van der Waals surface area contributed by atoms with Crippen LogP contribution in [0, 0.1) is 13.8 Å². The maximum atomic E-state index is 5.38. The molecule has 1 heterocycles. The minimum atomic E-state index is 0.818. The Bertz CT molecular complexity index is 525. The number of hydrogen-bond donors (Lipinski definition) is 1. The van der Waals surface area contributed by atoms with Crippen LogP contribution in [0.1, 0.15) is 16.1 Å². The summed E-state index contributed by atoms with van der Waals surface area (Å²) in [5, 5.41) is 6.33. The average molecular weight is 262 g/mol. The first-order chi connectivity index (χ1) is 8.65. The predicted octanol–water partition coefficient (Wildman–Crippen LogP) is 3.15. The van der Waals surface area contributed by atoms with Crippen molar-refractivity contribution in [2.24, 2.45) is 0 Å². The van der Waals surface area contributed by atoms with Crippen LogP contribution in [-0.4, -0.2) is 19.1 Å². The predicted molar refractivity (Wildman–Crippen MR) is 76.3 cm³/mol. The Morgan fingerprint density at radius 3 is 2.50 bits per heavy atom. The molecule has 0 saturated carbocycles. The van der Waals surface area contributed by atoms with E-state index in [0.717, 1.165) is 39.7 Å². The minimum absolute atomic E-state index is 0.818. The highest BCUT2D eigenvalue weighted by molar-refractivity contribution is 7.09. The average Bonchev–Trinajstić information content (AvgIpc) is 2.78. The molecule has 0 atom stereocenters. The Morgan fingerprint density at radius 2 is 1.94 bits per heavy atom. The zero-order valence-electron chi connectivity index (χ0n) is 11.2. The lowest BCUT2D eigenvalue weighted by molar-refractivity contribution is 0.408. The minimum Gasteiger partial charge on any atom is -0.496 e. The van der Waals surface area contributed by atoms with Crippen LogP contribution in [0.15, 0.2) is 17.5 Å². The molecule has 4 heteroatoms. The number of nitrogens with one attached hydrogen (secondary N) is 1. The molecule has 0 radical (unpaired) electrons. The second-order valence-corrected chi connectivity index (χ2v) is 5.24. The van der Waals surface area contributed by atoms with Gasteiger partial charge in [0.15, 0.2) is 0 Å². The van der Waals surface area contributed by atoms with Gasteiger partial charge >= 0.3 is 0 Å². The van der Waals surface area contributed by atoms with E-state index in [0.29, 0.717) is 0 Å². The SMILES string of the molecule is CNCc1nc(-c2cc(C)c(OC)c(C)c2)cs1. The summed E-state index contributed by atoms with van der Waals surface area (Å²) in [5.74, 6) is 0.962. The number of ether oxygens (including phenoxy) is 1. The molecular weight excluding hydrogens is 244 g/mol. The Balaban J connectivity index is 2.38. The molecule has 2 aromatic rings. The molecule has 0 aliphatic rings. The van der Waals surface area contributed by atoms with Crippen molar-refractivity contribution in [2.45, 2.75) is 20.4 Å². The lowest BCUT2D eigenvalue weighted by atomic mass is 10.0. The standard InChI is InChI=1S/C14H18N2OS/c1-9-5-11(6-10(2)14(9)17-4)12-8-18-13(16-12)7-15-3/h5-6,8,15H,7H2,1-4H3. The summed E-state index contributed by atoms with van der Waals surface area (Å²) in [7, 11) is 3.64. The van der Waals surface area contributed by atoms with Crippen molar-refractivity contribution in [3.05, 3.63) is 33.6 Å². The number of nitrogens with zero attached hydrogens (tertiary/aromatic N) is 1. The molecule has 18 heavy (non-hydrogen) atoms. The van der Waals surface area contributed by atoms with E-state index in [-0.39, 0.29) is 0 Å². The van der Waals surface area contributed by atoms with Crippen molar-refractivity contribution in [1.29, 1.82) is 0 Å². The Labute approximate surface area is 112 Å². The molecule has 0 saturated heterocycles. The van der Waals surface area contributed by atoms with E-state index in [1.165, 1.54) is 0 Å². The van der Waals surface area contributed by atoms with E-state index in [4.69, 9.17) is 4.74 Å². The van der Waals surface area contributed by atoms with Crippen LogP contribution in [0.2, 0.25) is 0 Å². The van der Waals surface area contributed by atoms with Gasteiger partial charge in [0.05, 0.1) is 12.8 Å². The lowest BCUT2D eigenvalue weighted by Crippen LogP contribution is -2.04. The van der Waals surface area contributed by atoms with E-state index >= 15 is 0 Å². The normalized spacial score (nSPS) is 10.7. The molecule has 0 fully saturated rings. The first kappa shape index (κ1) is 13.1. The van der Waals surface area contributed by atoms with Crippen molar-refractivity contribution in [3.8, 4) is 17.0 Å². The number of thiazole rings is 1. The first-order valence-electron chi connectivity index (χ1n) is 5.90. The summed E-state index contributed by atoms with van der Waals surface area (Å²) < 4.78 is 5.38. The van der Waals surface area contributed by atoms with Crippen LogP contribution >= 0.6 is 11.3 Å². The van der Waals surface area contributed by atoms with Crippen LogP contribution in [0.25, 0.3) is 11.3 Å². The molecule has 0 bridgehead atoms. The number of methoxy groups -OCH3 is 1. The van der Waals surface area contributed by atoms with Gasteiger partial charge in [0.25, 0.3) is 0 Å². The lowest BCUT2D eigenvalue weighted by Gasteiger charge is -2.10. The summed E-state index contributed by atoms with van der Waals surface area (Å²) in [6, 6.07) is 4.26. The molecular formula is C14H18N2OS. The molecule has 1 N–H and O–H groups in total. The molecule has 0 unspecified atom stereocenters. The van der Waals surface area contributed by atoms with Crippen LogP contribution in [0.5, 0.6) is 5.75 Å². The second kappa shape index (κ2) is 5.50. The van der Waals surface area contributed by atoms with Crippen molar-refractivity contribution >= 4 is 11.3 Å². The van der Waals surface area contributed by atoms with Gasteiger partial charge in [0.2, 0.25) is 0 Å². The van der Waals surface area contributed by atoms with Gasteiger partial charge in [0, 0.05) is 17.5 Å². The van der Waals surface area contributed by atoms with E-state index in [2.05, 4.69) is 41.7 Å². The summed E-state index contributed by atoms with van der Waals surface area (Å²) in [5.41, 5.74) is 4.50. The van der Waals surface area contributed by atoms with Gasteiger partial charge in [-0.05, 0) is 44.2 Å². The molecule has 1 aromatic carbocycles. The molecule has 2 rings (SSSR count). The smallest absolute Gasteiger partial charge is 0.124 e. The van der Waals surface area contributed by atoms with Crippen molar-refractivity contribution in [1.82, 2.24) is 10.3 Å².